The van der Waals surface area contributed by atoms with Gasteiger partial charge in [0.05, 0.1) is 46.8 Å². The first-order valence-corrected chi connectivity index (χ1v) is 14.3. The number of amides is 2. The molecule has 1 saturated heterocycles. The zero-order valence-electron chi connectivity index (χ0n) is 24.1. The van der Waals surface area contributed by atoms with Gasteiger partial charge < -0.3 is 33.2 Å². The van der Waals surface area contributed by atoms with Crippen LogP contribution in [0.5, 0.6) is 17.2 Å². The fraction of sp³-hybridized carbons (Fsp3) is 0.419. The average Bonchev–Trinajstić information content (AvgIpc) is 3.54. The van der Waals surface area contributed by atoms with Crippen molar-refractivity contribution in [2.75, 3.05) is 73.3 Å². The van der Waals surface area contributed by atoms with Crippen molar-refractivity contribution >= 4 is 23.4 Å². The van der Waals surface area contributed by atoms with Crippen LogP contribution in [0.2, 0.25) is 5.02 Å². The SMILES string of the molecule is COc1ccc(CCN(Cc2ccco2)C(=O)CN(CCN2CCOCC2)C(=O)COc2ccc(Cl)cc2)cc1OC. The molecule has 226 valence electrons. The minimum atomic E-state index is -0.274. The zero-order valence-corrected chi connectivity index (χ0v) is 24.9. The second-order valence-electron chi connectivity index (χ2n) is 9.85. The number of halogens is 1. The molecule has 0 bridgehead atoms. The summed E-state index contributed by atoms with van der Waals surface area (Å²) in [4.78, 5) is 32.6. The number of carbonyl (C=O) groups excluding carboxylic acids is 2. The van der Waals surface area contributed by atoms with Crippen LogP contribution in [0, 0.1) is 0 Å². The predicted octanol–water partition coefficient (Wildman–Crippen LogP) is 3.76. The van der Waals surface area contributed by atoms with Crippen LogP contribution in [0.25, 0.3) is 0 Å². The van der Waals surface area contributed by atoms with E-state index in [9.17, 15) is 9.59 Å². The van der Waals surface area contributed by atoms with Crippen molar-refractivity contribution in [3.8, 4) is 17.2 Å². The number of benzene rings is 2. The van der Waals surface area contributed by atoms with Crippen molar-refractivity contribution in [1.82, 2.24) is 14.7 Å². The number of rotatable bonds is 15. The third-order valence-electron chi connectivity index (χ3n) is 7.04. The molecule has 4 rings (SSSR count). The van der Waals surface area contributed by atoms with E-state index in [1.807, 2.05) is 24.3 Å². The first kappa shape index (κ1) is 31.2. The first-order chi connectivity index (χ1) is 20.4. The molecule has 0 spiro atoms. The van der Waals surface area contributed by atoms with Gasteiger partial charge in [0.2, 0.25) is 5.91 Å². The highest BCUT2D eigenvalue weighted by molar-refractivity contribution is 6.30. The molecule has 1 fully saturated rings. The Bertz CT molecular complexity index is 1260. The van der Waals surface area contributed by atoms with Crippen LogP contribution >= 0.6 is 11.6 Å². The van der Waals surface area contributed by atoms with Gasteiger partial charge >= 0.3 is 0 Å². The van der Waals surface area contributed by atoms with Gasteiger partial charge in [-0.2, -0.15) is 0 Å². The maximum atomic E-state index is 13.7. The summed E-state index contributed by atoms with van der Waals surface area (Å²) < 4.78 is 27.5. The van der Waals surface area contributed by atoms with E-state index in [1.54, 1.807) is 60.6 Å². The fourth-order valence-corrected chi connectivity index (χ4v) is 4.72. The topological polar surface area (TPSA) is 93.9 Å². The molecule has 11 heteroatoms. The average molecular weight is 600 g/mol. The lowest BCUT2D eigenvalue weighted by atomic mass is 10.1. The second-order valence-corrected chi connectivity index (χ2v) is 10.3. The van der Waals surface area contributed by atoms with Gasteiger partial charge in [-0.1, -0.05) is 17.7 Å². The lowest BCUT2D eigenvalue weighted by Crippen LogP contribution is -2.48. The van der Waals surface area contributed by atoms with E-state index in [4.69, 9.17) is 35.0 Å². The van der Waals surface area contributed by atoms with Gasteiger partial charge in [-0.05, 0) is 60.5 Å². The molecular formula is C31H38ClN3O7. The Kier molecular flexibility index (Phi) is 11.9. The normalized spacial score (nSPS) is 13.4. The molecule has 1 aliphatic rings. The molecule has 0 aliphatic carbocycles. The Morgan fingerprint density at radius 3 is 2.38 bits per heavy atom. The number of furan rings is 1. The van der Waals surface area contributed by atoms with Gasteiger partial charge in [-0.25, -0.2) is 0 Å². The maximum Gasteiger partial charge on any atom is 0.261 e. The van der Waals surface area contributed by atoms with E-state index >= 15 is 0 Å². The van der Waals surface area contributed by atoms with E-state index in [1.165, 1.54) is 0 Å². The monoisotopic (exact) mass is 599 g/mol. The summed E-state index contributed by atoms with van der Waals surface area (Å²) in [5.74, 6) is 1.99. The Hall–Kier alpha value is -3.73. The highest BCUT2D eigenvalue weighted by atomic mass is 35.5. The van der Waals surface area contributed by atoms with Crippen LogP contribution in [0.3, 0.4) is 0 Å². The van der Waals surface area contributed by atoms with Gasteiger partial charge in [0.15, 0.2) is 18.1 Å². The Labute approximate surface area is 251 Å². The van der Waals surface area contributed by atoms with Crippen molar-refractivity contribution in [2.45, 2.75) is 13.0 Å². The number of hydrogen-bond acceptors (Lipinski definition) is 8. The number of nitrogens with zero attached hydrogens (tertiary/aromatic N) is 3. The molecule has 1 aromatic heterocycles. The highest BCUT2D eigenvalue weighted by Gasteiger charge is 2.24. The summed E-state index contributed by atoms with van der Waals surface area (Å²) >= 11 is 5.97. The van der Waals surface area contributed by atoms with Crippen LogP contribution in [0.4, 0.5) is 0 Å². The van der Waals surface area contributed by atoms with Gasteiger partial charge in [0.25, 0.3) is 5.91 Å². The van der Waals surface area contributed by atoms with Gasteiger partial charge in [0, 0.05) is 37.7 Å². The first-order valence-electron chi connectivity index (χ1n) is 13.9. The minimum absolute atomic E-state index is 0.0835. The quantitative estimate of drug-likeness (QED) is 0.261. The fourth-order valence-electron chi connectivity index (χ4n) is 4.59. The maximum absolute atomic E-state index is 13.7. The molecule has 0 atom stereocenters. The number of carbonyl (C=O) groups is 2. The molecule has 2 amide bonds. The molecular weight excluding hydrogens is 562 g/mol. The third-order valence-corrected chi connectivity index (χ3v) is 7.29. The van der Waals surface area contributed by atoms with Crippen molar-refractivity contribution in [3.63, 3.8) is 0 Å². The van der Waals surface area contributed by atoms with Crippen LogP contribution in [-0.4, -0.2) is 99.8 Å². The number of ether oxygens (including phenoxy) is 4. The molecule has 2 aromatic carbocycles. The van der Waals surface area contributed by atoms with Gasteiger partial charge in [-0.3, -0.25) is 14.5 Å². The van der Waals surface area contributed by atoms with Crippen molar-refractivity contribution in [1.29, 1.82) is 0 Å². The van der Waals surface area contributed by atoms with E-state index in [0.29, 0.717) is 67.3 Å². The predicted molar refractivity (Wildman–Crippen MR) is 158 cm³/mol. The minimum Gasteiger partial charge on any atom is -0.493 e. The smallest absolute Gasteiger partial charge is 0.261 e. The Balaban J connectivity index is 1.45. The molecule has 10 nitrogen and oxygen atoms in total. The molecule has 42 heavy (non-hydrogen) atoms. The van der Waals surface area contributed by atoms with Gasteiger partial charge in [0.1, 0.15) is 11.5 Å². The molecule has 0 unspecified atom stereocenters. The van der Waals surface area contributed by atoms with Crippen LogP contribution in [-0.2, 0) is 27.3 Å². The molecule has 0 N–H and O–H groups in total. The Morgan fingerprint density at radius 2 is 1.69 bits per heavy atom. The molecule has 0 radical (unpaired) electrons. The van der Waals surface area contributed by atoms with Crippen LogP contribution < -0.4 is 14.2 Å². The van der Waals surface area contributed by atoms with Crippen LogP contribution in [0.1, 0.15) is 11.3 Å². The summed E-state index contributed by atoms with van der Waals surface area (Å²) in [6, 6.07) is 16.1. The van der Waals surface area contributed by atoms with Crippen molar-refractivity contribution < 1.29 is 33.0 Å². The highest BCUT2D eigenvalue weighted by Crippen LogP contribution is 2.28. The van der Waals surface area contributed by atoms with E-state index in [0.717, 1.165) is 18.7 Å². The van der Waals surface area contributed by atoms with Gasteiger partial charge in [-0.15, -0.1) is 0 Å². The number of methoxy groups -OCH3 is 2. The Morgan fingerprint density at radius 1 is 0.929 bits per heavy atom. The molecule has 0 saturated carbocycles. The lowest BCUT2D eigenvalue weighted by molar-refractivity contribution is -0.142. The summed E-state index contributed by atoms with van der Waals surface area (Å²) in [5, 5.41) is 0.580. The van der Waals surface area contributed by atoms with Crippen molar-refractivity contribution in [2.24, 2.45) is 0 Å². The van der Waals surface area contributed by atoms with Crippen LogP contribution in [0.15, 0.2) is 65.3 Å². The van der Waals surface area contributed by atoms with E-state index in [2.05, 4.69) is 4.90 Å². The molecule has 1 aliphatic heterocycles. The molecule has 2 heterocycles. The molecule has 3 aromatic rings. The van der Waals surface area contributed by atoms with Crippen molar-refractivity contribution in [3.05, 3.63) is 77.2 Å². The summed E-state index contributed by atoms with van der Waals surface area (Å²) in [5.41, 5.74) is 0.988. The summed E-state index contributed by atoms with van der Waals surface area (Å²) in [7, 11) is 3.18. The number of morpholine rings is 1. The number of hydrogen-bond donors (Lipinski definition) is 0. The lowest BCUT2D eigenvalue weighted by Gasteiger charge is -2.31. The van der Waals surface area contributed by atoms with E-state index < -0.39 is 0 Å². The standard InChI is InChI=1S/C31H38ClN3O7/c1-38-28-10-5-24(20-29(28)39-2)11-12-34(21-27-4-3-17-41-27)30(36)22-35(14-13-33-15-18-40-19-16-33)31(37)23-42-26-8-6-25(32)7-9-26/h3-10,17,20H,11-16,18-19,21-23H2,1-2H3. The summed E-state index contributed by atoms with van der Waals surface area (Å²) in [6.07, 6.45) is 2.16. The largest absolute Gasteiger partial charge is 0.493 e. The second kappa shape index (κ2) is 16.1. The zero-order chi connectivity index (χ0) is 29.7. The third kappa shape index (κ3) is 9.40. The summed E-state index contributed by atoms with van der Waals surface area (Å²) in [6.45, 7) is 4.32. The van der Waals surface area contributed by atoms with E-state index in [-0.39, 0.29) is 31.5 Å².